The second-order valence-electron chi connectivity index (χ2n) is 6.48. The summed E-state index contributed by atoms with van der Waals surface area (Å²) < 4.78 is 0. The van der Waals surface area contributed by atoms with Crippen molar-refractivity contribution in [2.75, 3.05) is 24.5 Å². The van der Waals surface area contributed by atoms with E-state index in [1.54, 1.807) is 23.2 Å². The molecule has 0 spiro atoms. The number of nitrogens with two attached hydrogens (primary N) is 1. The number of carbonyl (C=O) groups excluding carboxylic acids is 1. The van der Waals surface area contributed by atoms with E-state index in [-0.39, 0.29) is 17.4 Å². The fourth-order valence-electron chi connectivity index (χ4n) is 2.83. The molecule has 1 saturated heterocycles. The molecule has 1 unspecified atom stereocenters. The number of hydrogen-bond acceptors (Lipinski definition) is 5. The first-order chi connectivity index (χ1) is 9.83. The smallest absolute Gasteiger partial charge is 0.225 e. The molecule has 2 rings (SSSR count). The summed E-state index contributed by atoms with van der Waals surface area (Å²) in [6, 6.07) is 0.271. The Morgan fingerprint density at radius 3 is 2.90 bits per heavy atom. The maximum absolute atomic E-state index is 11.6. The quantitative estimate of drug-likeness (QED) is 0.925. The van der Waals surface area contributed by atoms with Crippen LogP contribution in [0.1, 0.15) is 39.8 Å². The number of anilines is 1. The van der Waals surface area contributed by atoms with Crippen molar-refractivity contribution in [1.29, 1.82) is 0 Å². The van der Waals surface area contributed by atoms with Crippen molar-refractivity contribution in [3.05, 3.63) is 11.1 Å². The Bertz CT molecular complexity index is 500. The molecule has 1 aliphatic rings. The highest BCUT2D eigenvalue weighted by Gasteiger charge is 2.33. The molecule has 1 amide bonds. The normalized spacial score (nSPS) is 22.2. The molecular formula is C15H26N4OS. The summed E-state index contributed by atoms with van der Waals surface area (Å²) in [4.78, 5) is 20.3. The Morgan fingerprint density at radius 2 is 2.33 bits per heavy atom. The number of aromatic nitrogens is 1. The Labute approximate surface area is 131 Å². The molecule has 21 heavy (non-hydrogen) atoms. The van der Waals surface area contributed by atoms with Crippen molar-refractivity contribution in [2.24, 2.45) is 11.1 Å². The van der Waals surface area contributed by atoms with Gasteiger partial charge in [-0.1, -0.05) is 13.8 Å². The monoisotopic (exact) mass is 310 g/mol. The van der Waals surface area contributed by atoms with E-state index in [4.69, 9.17) is 5.73 Å². The summed E-state index contributed by atoms with van der Waals surface area (Å²) in [6.45, 7) is 11.5. The van der Waals surface area contributed by atoms with Crippen LogP contribution in [0, 0.1) is 5.41 Å². The van der Waals surface area contributed by atoms with E-state index in [1.165, 1.54) is 0 Å². The fourth-order valence-corrected chi connectivity index (χ4v) is 3.76. The third-order valence-corrected chi connectivity index (χ3v) is 5.16. The van der Waals surface area contributed by atoms with Crippen LogP contribution in [0.2, 0.25) is 0 Å². The van der Waals surface area contributed by atoms with Gasteiger partial charge in [0.15, 0.2) is 5.13 Å². The summed E-state index contributed by atoms with van der Waals surface area (Å²) in [5.41, 5.74) is 7.37. The van der Waals surface area contributed by atoms with Gasteiger partial charge in [-0.05, 0) is 18.8 Å². The number of likely N-dealkylation sites (tertiary alicyclic amines) is 1. The van der Waals surface area contributed by atoms with Gasteiger partial charge in [-0.15, -0.1) is 11.3 Å². The number of rotatable bonds is 4. The molecule has 1 atom stereocenters. The average Bonchev–Trinajstić information content (AvgIpc) is 2.82. The molecule has 0 saturated carbocycles. The lowest BCUT2D eigenvalue weighted by Gasteiger charge is -2.42. The Morgan fingerprint density at radius 1 is 1.62 bits per heavy atom. The molecule has 0 aromatic carbocycles. The molecule has 1 aromatic rings. The zero-order valence-corrected chi connectivity index (χ0v) is 14.2. The van der Waals surface area contributed by atoms with Gasteiger partial charge < -0.3 is 5.73 Å². The molecule has 2 N–H and O–H groups in total. The zero-order valence-electron chi connectivity index (χ0n) is 13.4. The molecule has 5 nitrogen and oxygen atoms in total. The van der Waals surface area contributed by atoms with Crippen molar-refractivity contribution in [2.45, 2.75) is 46.7 Å². The Balaban J connectivity index is 2.01. The first-order valence-corrected chi connectivity index (χ1v) is 8.42. The van der Waals surface area contributed by atoms with Crippen molar-refractivity contribution in [1.82, 2.24) is 9.88 Å². The van der Waals surface area contributed by atoms with Crippen LogP contribution in [-0.4, -0.2) is 41.5 Å². The first-order valence-electron chi connectivity index (χ1n) is 7.54. The van der Waals surface area contributed by atoms with Crippen molar-refractivity contribution in [3.63, 3.8) is 0 Å². The molecule has 1 fully saturated rings. The Kier molecular flexibility index (Phi) is 5.01. The van der Waals surface area contributed by atoms with Crippen LogP contribution in [0.4, 0.5) is 5.13 Å². The van der Waals surface area contributed by atoms with Crippen LogP contribution >= 0.6 is 11.3 Å². The van der Waals surface area contributed by atoms with Crippen LogP contribution in [-0.2, 0) is 11.3 Å². The lowest BCUT2D eigenvalue weighted by molar-refractivity contribution is -0.116. The highest BCUT2D eigenvalue weighted by Crippen LogP contribution is 2.29. The molecule has 6 heteroatoms. The highest BCUT2D eigenvalue weighted by molar-refractivity contribution is 7.14. The van der Waals surface area contributed by atoms with Gasteiger partial charge in [0, 0.05) is 44.5 Å². The van der Waals surface area contributed by atoms with Gasteiger partial charge in [0.05, 0.1) is 5.69 Å². The minimum absolute atomic E-state index is 0.0449. The highest BCUT2D eigenvalue weighted by atomic mass is 32.1. The standard InChI is InChI=1S/C15H26N4OS/c1-5-19(11(2)20)14-17-12(9-21-14)8-18-7-6-13(16)15(3,4)10-18/h9,13H,5-8,10,16H2,1-4H3. The van der Waals surface area contributed by atoms with Crippen LogP contribution in [0.25, 0.3) is 0 Å². The molecule has 2 heterocycles. The summed E-state index contributed by atoms with van der Waals surface area (Å²) in [6.07, 6.45) is 1.03. The second-order valence-corrected chi connectivity index (χ2v) is 7.32. The predicted octanol–water partition coefficient (Wildman–Crippen LogP) is 2.08. The number of thiazole rings is 1. The van der Waals surface area contributed by atoms with Crippen LogP contribution < -0.4 is 10.6 Å². The molecule has 0 bridgehead atoms. The first kappa shape index (κ1) is 16.4. The minimum atomic E-state index is 0.0449. The van der Waals surface area contributed by atoms with E-state index in [2.05, 4.69) is 29.1 Å². The van der Waals surface area contributed by atoms with Gasteiger partial charge in [0.1, 0.15) is 0 Å². The Hall–Kier alpha value is -0.980. The number of amides is 1. The topological polar surface area (TPSA) is 62.5 Å². The fraction of sp³-hybridized carbons (Fsp3) is 0.733. The number of carbonyl (C=O) groups is 1. The number of piperidine rings is 1. The van der Waals surface area contributed by atoms with Gasteiger partial charge in [-0.3, -0.25) is 14.6 Å². The summed E-state index contributed by atoms with van der Waals surface area (Å²) in [5, 5.41) is 2.86. The summed E-state index contributed by atoms with van der Waals surface area (Å²) >= 11 is 1.54. The molecule has 1 aromatic heterocycles. The van der Waals surface area contributed by atoms with E-state index in [0.717, 1.165) is 36.9 Å². The van der Waals surface area contributed by atoms with Crippen LogP contribution in [0.15, 0.2) is 5.38 Å². The molecule has 0 radical (unpaired) electrons. The number of hydrogen-bond donors (Lipinski definition) is 1. The third-order valence-electron chi connectivity index (χ3n) is 4.24. The minimum Gasteiger partial charge on any atom is -0.327 e. The third kappa shape index (κ3) is 3.81. The second kappa shape index (κ2) is 6.42. The SMILES string of the molecule is CCN(C(C)=O)c1nc(CN2CCC(N)C(C)(C)C2)cs1. The van der Waals surface area contributed by atoms with Crippen molar-refractivity contribution < 1.29 is 4.79 Å². The van der Waals surface area contributed by atoms with E-state index in [0.29, 0.717) is 6.54 Å². The zero-order chi connectivity index (χ0) is 15.6. The van der Waals surface area contributed by atoms with E-state index in [1.807, 2.05) is 6.92 Å². The maximum Gasteiger partial charge on any atom is 0.225 e. The lowest BCUT2D eigenvalue weighted by atomic mass is 9.80. The van der Waals surface area contributed by atoms with E-state index >= 15 is 0 Å². The molecule has 118 valence electrons. The van der Waals surface area contributed by atoms with Gasteiger partial charge in [0.2, 0.25) is 5.91 Å². The van der Waals surface area contributed by atoms with Crippen molar-refractivity contribution in [3.8, 4) is 0 Å². The molecular weight excluding hydrogens is 284 g/mol. The molecule has 1 aliphatic heterocycles. The van der Waals surface area contributed by atoms with Gasteiger partial charge in [-0.25, -0.2) is 4.98 Å². The van der Waals surface area contributed by atoms with Crippen LogP contribution in [0.5, 0.6) is 0 Å². The van der Waals surface area contributed by atoms with Gasteiger partial charge in [-0.2, -0.15) is 0 Å². The maximum atomic E-state index is 11.6. The average molecular weight is 310 g/mol. The number of nitrogens with zero attached hydrogens (tertiary/aromatic N) is 3. The molecule has 0 aliphatic carbocycles. The van der Waals surface area contributed by atoms with E-state index < -0.39 is 0 Å². The summed E-state index contributed by atoms with van der Waals surface area (Å²) in [7, 11) is 0. The van der Waals surface area contributed by atoms with Gasteiger partial charge >= 0.3 is 0 Å². The van der Waals surface area contributed by atoms with Crippen molar-refractivity contribution >= 4 is 22.4 Å². The lowest BCUT2D eigenvalue weighted by Crippen LogP contribution is -2.52. The summed E-state index contributed by atoms with van der Waals surface area (Å²) in [5.74, 6) is 0.0449. The van der Waals surface area contributed by atoms with Crippen LogP contribution in [0.3, 0.4) is 0 Å². The van der Waals surface area contributed by atoms with Gasteiger partial charge in [0.25, 0.3) is 0 Å². The largest absolute Gasteiger partial charge is 0.327 e. The predicted molar refractivity (Wildman–Crippen MR) is 87.5 cm³/mol. The van der Waals surface area contributed by atoms with E-state index in [9.17, 15) is 4.79 Å².